The molecule has 0 N–H and O–H groups in total. The van der Waals surface area contributed by atoms with Crippen molar-refractivity contribution in [2.75, 3.05) is 0 Å². The Morgan fingerprint density at radius 2 is 2.26 bits per heavy atom. The lowest BCUT2D eigenvalue weighted by Crippen LogP contribution is -2.21. The quantitative estimate of drug-likeness (QED) is 0.791. The molecular formula is C14H13FN2O2. The summed E-state index contributed by atoms with van der Waals surface area (Å²) >= 11 is 0. The predicted molar refractivity (Wildman–Crippen MR) is 66.7 cm³/mol. The number of carbonyl (C=O) groups excluding carboxylic acids is 1. The normalized spacial score (nSPS) is 18.1. The van der Waals surface area contributed by atoms with Crippen LogP contribution in [0.1, 0.15) is 34.1 Å². The van der Waals surface area contributed by atoms with Crippen LogP contribution in [0.3, 0.4) is 0 Å². The van der Waals surface area contributed by atoms with Crippen LogP contribution in [0.5, 0.6) is 5.75 Å². The number of hydrogen-bond donors (Lipinski definition) is 0. The summed E-state index contributed by atoms with van der Waals surface area (Å²) in [6.07, 6.45) is 1.55. The van der Waals surface area contributed by atoms with Crippen molar-refractivity contribution in [3.8, 4) is 5.75 Å². The number of fused-ring (bicyclic) bond motifs is 1. The Hall–Kier alpha value is -2.17. The number of Topliss-reactive ketones (excluding diaryl/α,β-unsaturated/α-hetero) is 1. The number of aromatic nitrogens is 2. The van der Waals surface area contributed by atoms with Gasteiger partial charge in [-0.1, -0.05) is 0 Å². The molecule has 0 saturated carbocycles. The molecular weight excluding hydrogens is 247 g/mol. The second-order valence-corrected chi connectivity index (χ2v) is 4.68. The van der Waals surface area contributed by atoms with Crippen LogP contribution in [0.25, 0.3) is 0 Å². The highest BCUT2D eigenvalue weighted by molar-refractivity contribution is 6.00. The van der Waals surface area contributed by atoms with Gasteiger partial charge in [0.25, 0.3) is 0 Å². The zero-order valence-corrected chi connectivity index (χ0v) is 10.7. The van der Waals surface area contributed by atoms with Crippen molar-refractivity contribution in [1.82, 2.24) is 9.78 Å². The molecule has 0 radical (unpaired) electrons. The van der Waals surface area contributed by atoms with Gasteiger partial charge in [0.1, 0.15) is 17.7 Å². The van der Waals surface area contributed by atoms with Gasteiger partial charge in [-0.25, -0.2) is 4.39 Å². The largest absolute Gasteiger partial charge is 0.484 e. The zero-order chi connectivity index (χ0) is 13.6. The highest BCUT2D eigenvalue weighted by Gasteiger charge is 2.29. The summed E-state index contributed by atoms with van der Waals surface area (Å²) in [6, 6.07) is 4.00. The van der Waals surface area contributed by atoms with Crippen molar-refractivity contribution in [3.63, 3.8) is 0 Å². The van der Waals surface area contributed by atoms with Crippen molar-refractivity contribution in [2.24, 2.45) is 7.05 Å². The van der Waals surface area contributed by atoms with Crippen molar-refractivity contribution in [2.45, 2.75) is 19.4 Å². The fourth-order valence-corrected chi connectivity index (χ4v) is 2.30. The summed E-state index contributed by atoms with van der Waals surface area (Å²) in [5.41, 5.74) is 2.25. The van der Waals surface area contributed by atoms with E-state index in [1.165, 1.54) is 18.2 Å². The number of benzene rings is 1. The van der Waals surface area contributed by atoms with Gasteiger partial charge in [-0.05, 0) is 19.1 Å². The van der Waals surface area contributed by atoms with Gasteiger partial charge in [-0.15, -0.1) is 0 Å². The van der Waals surface area contributed by atoms with Crippen LogP contribution in [-0.4, -0.2) is 15.6 Å². The molecule has 1 aliphatic rings. The number of aryl methyl sites for hydroxylation is 1. The van der Waals surface area contributed by atoms with Gasteiger partial charge in [-0.3, -0.25) is 9.48 Å². The first-order valence-electron chi connectivity index (χ1n) is 6.04. The molecule has 1 aromatic carbocycles. The SMILES string of the molecule is Cc1c(C2CC(=O)c3ccc(F)cc3O2)cnn1C. The van der Waals surface area contributed by atoms with Gasteiger partial charge in [0, 0.05) is 24.4 Å². The summed E-state index contributed by atoms with van der Waals surface area (Å²) < 4.78 is 20.7. The van der Waals surface area contributed by atoms with E-state index in [-0.39, 0.29) is 12.2 Å². The highest BCUT2D eigenvalue weighted by Crippen LogP contribution is 2.36. The molecule has 0 amide bonds. The van der Waals surface area contributed by atoms with E-state index in [4.69, 9.17) is 4.74 Å². The van der Waals surface area contributed by atoms with Crippen LogP contribution >= 0.6 is 0 Å². The number of nitrogens with zero attached hydrogens (tertiary/aromatic N) is 2. The van der Waals surface area contributed by atoms with E-state index < -0.39 is 11.9 Å². The molecule has 2 heterocycles. The smallest absolute Gasteiger partial charge is 0.170 e. The lowest BCUT2D eigenvalue weighted by Gasteiger charge is -2.25. The zero-order valence-electron chi connectivity index (χ0n) is 10.7. The molecule has 1 aromatic heterocycles. The van der Waals surface area contributed by atoms with Crippen LogP contribution in [-0.2, 0) is 7.05 Å². The van der Waals surface area contributed by atoms with Gasteiger partial charge in [0.05, 0.1) is 18.2 Å². The third-order valence-corrected chi connectivity index (χ3v) is 3.50. The van der Waals surface area contributed by atoms with Gasteiger partial charge in [-0.2, -0.15) is 5.10 Å². The van der Waals surface area contributed by atoms with Crippen LogP contribution in [0.15, 0.2) is 24.4 Å². The number of carbonyl (C=O) groups is 1. The van der Waals surface area contributed by atoms with E-state index in [1.54, 1.807) is 10.9 Å². The van der Waals surface area contributed by atoms with Crippen molar-refractivity contribution in [3.05, 3.63) is 47.0 Å². The first-order valence-corrected chi connectivity index (χ1v) is 6.04. The van der Waals surface area contributed by atoms with Gasteiger partial charge in [0.15, 0.2) is 5.78 Å². The molecule has 0 fully saturated rings. The van der Waals surface area contributed by atoms with E-state index in [9.17, 15) is 9.18 Å². The average Bonchev–Trinajstić information content (AvgIpc) is 2.69. The minimum absolute atomic E-state index is 0.0329. The summed E-state index contributed by atoms with van der Waals surface area (Å²) in [4.78, 5) is 12.1. The topological polar surface area (TPSA) is 44.1 Å². The molecule has 19 heavy (non-hydrogen) atoms. The van der Waals surface area contributed by atoms with Crippen LogP contribution in [0.2, 0.25) is 0 Å². The average molecular weight is 260 g/mol. The van der Waals surface area contributed by atoms with Gasteiger partial charge < -0.3 is 4.74 Å². The Kier molecular flexibility index (Phi) is 2.62. The highest BCUT2D eigenvalue weighted by atomic mass is 19.1. The molecule has 2 aromatic rings. The fourth-order valence-electron chi connectivity index (χ4n) is 2.30. The number of halogens is 1. The van der Waals surface area contributed by atoms with E-state index in [1.807, 2.05) is 14.0 Å². The number of ether oxygens (including phenoxy) is 1. The monoisotopic (exact) mass is 260 g/mol. The Bertz CT molecular complexity index is 663. The minimum Gasteiger partial charge on any atom is -0.484 e. The summed E-state index contributed by atoms with van der Waals surface area (Å²) in [7, 11) is 1.83. The van der Waals surface area contributed by atoms with Gasteiger partial charge >= 0.3 is 0 Å². The van der Waals surface area contributed by atoms with Gasteiger partial charge in [0.2, 0.25) is 0 Å². The third-order valence-electron chi connectivity index (χ3n) is 3.50. The lowest BCUT2D eigenvalue weighted by molar-refractivity contribution is 0.0848. The Balaban J connectivity index is 2.01. The lowest BCUT2D eigenvalue weighted by atomic mass is 9.96. The predicted octanol–water partition coefficient (Wildman–Crippen LogP) is 2.57. The minimum atomic E-state index is -0.407. The number of hydrogen-bond acceptors (Lipinski definition) is 3. The van der Waals surface area contributed by atoms with Crippen LogP contribution < -0.4 is 4.74 Å². The molecule has 0 saturated heterocycles. The summed E-state index contributed by atoms with van der Waals surface area (Å²) in [6.45, 7) is 1.91. The Labute approximate surface area is 109 Å². The van der Waals surface area contributed by atoms with E-state index in [0.717, 1.165) is 11.3 Å². The second-order valence-electron chi connectivity index (χ2n) is 4.68. The fraction of sp³-hybridized carbons (Fsp3) is 0.286. The molecule has 5 heteroatoms. The van der Waals surface area contributed by atoms with Crippen LogP contribution in [0.4, 0.5) is 4.39 Å². The first-order chi connectivity index (χ1) is 9.06. The number of ketones is 1. The van der Waals surface area contributed by atoms with Crippen LogP contribution in [0, 0.1) is 12.7 Å². The molecule has 0 bridgehead atoms. The maximum Gasteiger partial charge on any atom is 0.170 e. The molecule has 1 aliphatic heterocycles. The summed E-state index contributed by atoms with van der Waals surface area (Å²) in [5, 5.41) is 4.14. The number of rotatable bonds is 1. The van der Waals surface area contributed by atoms with E-state index >= 15 is 0 Å². The maximum atomic E-state index is 13.2. The van der Waals surface area contributed by atoms with Crippen molar-refractivity contribution < 1.29 is 13.9 Å². The van der Waals surface area contributed by atoms with E-state index in [0.29, 0.717) is 11.3 Å². The molecule has 1 unspecified atom stereocenters. The second kappa shape index (κ2) is 4.19. The standard InChI is InChI=1S/C14H13FN2O2/c1-8-11(7-16-17(8)2)14-6-12(18)10-4-3-9(15)5-13(10)19-14/h3-5,7,14H,6H2,1-2H3. The van der Waals surface area contributed by atoms with E-state index in [2.05, 4.69) is 5.10 Å². The molecule has 98 valence electrons. The maximum absolute atomic E-state index is 13.2. The molecule has 1 atom stereocenters. The van der Waals surface area contributed by atoms with Crippen molar-refractivity contribution in [1.29, 1.82) is 0 Å². The molecule has 4 nitrogen and oxygen atoms in total. The molecule has 3 rings (SSSR count). The Morgan fingerprint density at radius 1 is 1.47 bits per heavy atom. The molecule has 0 aliphatic carbocycles. The van der Waals surface area contributed by atoms with Crippen molar-refractivity contribution >= 4 is 5.78 Å². The summed E-state index contributed by atoms with van der Waals surface area (Å²) in [5.74, 6) is -0.130. The first kappa shape index (κ1) is 11.9. The Morgan fingerprint density at radius 3 is 2.95 bits per heavy atom. The molecule has 0 spiro atoms. The third kappa shape index (κ3) is 1.91.